The van der Waals surface area contributed by atoms with Gasteiger partial charge in [-0.25, -0.2) is 0 Å². The van der Waals surface area contributed by atoms with Crippen LogP contribution >= 0.6 is 0 Å². The topological polar surface area (TPSA) is 64.3 Å². The molecule has 0 aliphatic heterocycles. The first kappa shape index (κ1) is 13.4. The van der Waals surface area contributed by atoms with E-state index in [-0.39, 0.29) is 17.4 Å². The van der Waals surface area contributed by atoms with Gasteiger partial charge in [-0.1, -0.05) is 20.8 Å². The van der Waals surface area contributed by atoms with Crippen molar-refractivity contribution in [2.45, 2.75) is 33.2 Å². The van der Waals surface area contributed by atoms with Gasteiger partial charge in [-0.2, -0.15) is 0 Å². The van der Waals surface area contributed by atoms with Gasteiger partial charge in [0.1, 0.15) is 0 Å². The minimum Gasteiger partial charge on any atom is -0.383 e. The van der Waals surface area contributed by atoms with E-state index in [1.807, 2.05) is 0 Å². The molecule has 1 atom stereocenters. The van der Waals surface area contributed by atoms with Crippen LogP contribution in [0.15, 0.2) is 0 Å². The molecule has 0 aromatic rings. The van der Waals surface area contributed by atoms with Gasteiger partial charge in [-0.05, 0) is 11.8 Å². The second kappa shape index (κ2) is 5.98. The Labute approximate surface area is 86.2 Å². The van der Waals surface area contributed by atoms with E-state index in [0.717, 1.165) is 6.42 Å². The Morgan fingerprint density at radius 2 is 2.07 bits per heavy atom. The Balaban J connectivity index is 3.97. The van der Waals surface area contributed by atoms with Crippen LogP contribution in [-0.4, -0.2) is 32.2 Å². The SMILES string of the molecule is COCCNC(CC(C)(C)C)C(N)=O. The third kappa shape index (κ3) is 6.86. The zero-order valence-corrected chi connectivity index (χ0v) is 9.59. The molecule has 0 heterocycles. The smallest absolute Gasteiger partial charge is 0.234 e. The predicted octanol–water partition coefficient (Wildman–Crippen LogP) is 0.513. The zero-order chi connectivity index (χ0) is 11.2. The number of hydrogen-bond acceptors (Lipinski definition) is 3. The fourth-order valence-electron chi connectivity index (χ4n) is 1.22. The number of carbonyl (C=O) groups is 1. The summed E-state index contributed by atoms with van der Waals surface area (Å²) >= 11 is 0. The normalized spacial score (nSPS) is 14.0. The van der Waals surface area contributed by atoms with E-state index in [2.05, 4.69) is 26.1 Å². The van der Waals surface area contributed by atoms with Crippen LogP contribution in [0.2, 0.25) is 0 Å². The molecule has 0 fully saturated rings. The van der Waals surface area contributed by atoms with Gasteiger partial charge < -0.3 is 15.8 Å². The summed E-state index contributed by atoms with van der Waals surface area (Å²) in [7, 11) is 1.63. The van der Waals surface area contributed by atoms with Crippen LogP contribution in [0.5, 0.6) is 0 Å². The van der Waals surface area contributed by atoms with E-state index in [0.29, 0.717) is 13.2 Å². The highest BCUT2D eigenvalue weighted by Gasteiger charge is 2.22. The number of primary amides is 1. The van der Waals surface area contributed by atoms with Gasteiger partial charge in [-0.15, -0.1) is 0 Å². The van der Waals surface area contributed by atoms with Crippen molar-refractivity contribution in [3.8, 4) is 0 Å². The van der Waals surface area contributed by atoms with E-state index in [1.54, 1.807) is 7.11 Å². The van der Waals surface area contributed by atoms with Gasteiger partial charge in [0.2, 0.25) is 5.91 Å². The molecule has 0 bridgehead atoms. The molecule has 0 radical (unpaired) electrons. The number of carbonyl (C=O) groups excluding carboxylic acids is 1. The van der Waals surface area contributed by atoms with E-state index >= 15 is 0 Å². The standard InChI is InChI=1S/C10H22N2O2/c1-10(2,3)7-8(9(11)13)12-5-6-14-4/h8,12H,5-7H2,1-4H3,(H2,11,13). The summed E-state index contributed by atoms with van der Waals surface area (Å²) in [4.78, 5) is 11.1. The van der Waals surface area contributed by atoms with Crippen LogP contribution < -0.4 is 11.1 Å². The van der Waals surface area contributed by atoms with Crippen LogP contribution in [0.25, 0.3) is 0 Å². The molecule has 0 rings (SSSR count). The lowest BCUT2D eigenvalue weighted by atomic mass is 9.88. The maximum Gasteiger partial charge on any atom is 0.234 e. The van der Waals surface area contributed by atoms with Crippen LogP contribution in [-0.2, 0) is 9.53 Å². The van der Waals surface area contributed by atoms with Crippen molar-refractivity contribution in [2.75, 3.05) is 20.3 Å². The average molecular weight is 202 g/mol. The van der Waals surface area contributed by atoms with Crippen molar-refractivity contribution in [1.82, 2.24) is 5.32 Å². The molecule has 0 aromatic carbocycles. The molecule has 4 nitrogen and oxygen atoms in total. The molecular formula is C10H22N2O2. The van der Waals surface area contributed by atoms with Crippen molar-refractivity contribution < 1.29 is 9.53 Å². The monoisotopic (exact) mass is 202 g/mol. The highest BCUT2D eigenvalue weighted by molar-refractivity contribution is 5.79. The fraction of sp³-hybridized carbons (Fsp3) is 0.900. The van der Waals surface area contributed by atoms with Crippen molar-refractivity contribution in [3.05, 3.63) is 0 Å². The average Bonchev–Trinajstić information content (AvgIpc) is 2.00. The van der Waals surface area contributed by atoms with Gasteiger partial charge in [0, 0.05) is 13.7 Å². The number of amides is 1. The number of nitrogens with one attached hydrogen (secondary N) is 1. The first-order chi connectivity index (χ1) is 6.37. The van der Waals surface area contributed by atoms with Gasteiger partial charge in [-0.3, -0.25) is 4.79 Å². The summed E-state index contributed by atoms with van der Waals surface area (Å²) in [6.07, 6.45) is 0.742. The van der Waals surface area contributed by atoms with Crippen molar-refractivity contribution >= 4 is 5.91 Å². The maximum absolute atomic E-state index is 11.1. The highest BCUT2D eigenvalue weighted by Crippen LogP contribution is 2.20. The lowest BCUT2D eigenvalue weighted by molar-refractivity contribution is -0.120. The molecule has 0 saturated heterocycles. The van der Waals surface area contributed by atoms with Gasteiger partial charge >= 0.3 is 0 Å². The number of methoxy groups -OCH3 is 1. The third-order valence-electron chi connectivity index (χ3n) is 1.86. The van der Waals surface area contributed by atoms with Crippen molar-refractivity contribution in [3.63, 3.8) is 0 Å². The molecule has 0 aliphatic carbocycles. The largest absolute Gasteiger partial charge is 0.383 e. The number of rotatable bonds is 6. The fourth-order valence-corrected chi connectivity index (χ4v) is 1.22. The minimum atomic E-state index is -0.295. The Hall–Kier alpha value is -0.610. The highest BCUT2D eigenvalue weighted by atomic mass is 16.5. The van der Waals surface area contributed by atoms with Crippen LogP contribution in [0.4, 0.5) is 0 Å². The third-order valence-corrected chi connectivity index (χ3v) is 1.86. The Bertz CT molecular complexity index is 175. The summed E-state index contributed by atoms with van der Waals surface area (Å²) in [6.45, 7) is 7.50. The number of nitrogens with two attached hydrogens (primary N) is 1. The molecule has 14 heavy (non-hydrogen) atoms. The zero-order valence-electron chi connectivity index (χ0n) is 9.59. The second-order valence-corrected chi connectivity index (χ2v) is 4.67. The van der Waals surface area contributed by atoms with Crippen molar-refractivity contribution in [2.24, 2.45) is 11.1 Å². The Morgan fingerprint density at radius 3 is 2.43 bits per heavy atom. The van der Waals surface area contributed by atoms with E-state index in [4.69, 9.17) is 10.5 Å². The van der Waals surface area contributed by atoms with E-state index in [9.17, 15) is 4.79 Å². The summed E-state index contributed by atoms with van der Waals surface area (Å²) in [5.74, 6) is -0.295. The Morgan fingerprint density at radius 1 is 1.50 bits per heavy atom. The van der Waals surface area contributed by atoms with Gasteiger partial charge in [0.25, 0.3) is 0 Å². The molecule has 0 spiro atoms. The maximum atomic E-state index is 11.1. The van der Waals surface area contributed by atoms with Gasteiger partial charge in [0.05, 0.1) is 12.6 Å². The first-order valence-electron chi connectivity index (χ1n) is 4.88. The Kier molecular flexibility index (Phi) is 5.72. The summed E-state index contributed by atoms with van der Waals surface area (Å²) in [5.41, 5.74) is 5.38. The summed E-state index contributed by atoms with van der Waals surface area (Å²) < 4.78 is 4.89. The molecule has 3 N–H and O–H groups in total. The molecule has 1 amide bonds. The number of ether oxygens (including phenoxy) is 1. The summed E-state index contributed by atoms with van der Waals surface area (Å²) in [6, 6.07) is -0.259. The molecule has 0 saturated carbocycles. The molecule has 1 unspecified atom stereocenters. The lowest BCUT2D eigenvalue weighted by Gasteiger charge is -2.24. The predicted molar refractivity (Wildman–Crippen MR) is 56.9 cm³/mol. The molecular weight excluding hydrogens is 180 g/mol. The number of hydrogen-bond donors (Lipinski definition) is 2. The summed E-state index contributed by atoms with van der Waals surface area (Å²) in [5, 5.41) is 3.08. The molecule has 0 aliphatic rings. The van der Waals surface area contributed by atoms with E-state index in [1.165, 1.54) is 0 Å². The van der Waals surface area contributed by atoms with E-state index < -0.39 is 0 Å². The van der Waals surface area contributed by atoms with Crippen molar-refractivity contribution in [1.29, 1.82) is 0 Å². The molecule has 0 aromatic heterocycles. The molecule has 4 heteroatoms. The lowest BCUT2D eigenvalue weighted by Crippen LogP contribution is -2.44. The van der Waals surface area contributed by atoms with Crippen LogP contribution in [0.1, 0.15) is 27.2 Å². The van der Waals surface area contributed by atoms with Crippen LogP contribution in [0.3, 0.4) is 0 Å². The van der Waals surface area contributed by atoms with Gasteiger partial charge in [0.15, 0.2) is 0 Å². The van der Waals surface area contributed by atoms with Crippen LogP contribution in [0, 0.1) is 5.41 Å². The quantitative estimate of drug-likeness (QED) is 0.617. The minimum absolute atomic E-state index is 0.0970. The second-order valence-electron chi connectivity index (χ2n) is 4.67. The molecule has 84 valence electrons. The first-order valence-corrected chi connectivity index (χ1v) is 4.88.